The molecule has 1 aromatic rings. The highest BCUT2D eigenvalue weighted by Gasteiger charge is 2.30. The molecule has 1 heterocycles. The van der Waals surface area contributed by atoms with E-state index in [1.54, 1.807) is 11.0 Å². The van der Waals surface area contributed by atoms with Crippen molar-refractivity contribution in [1.82, 2.24) is 4.90 Å². The lowest BCUT2D eigenvalue weighted by Crippen LogP contribution is -2.43. The summed E-state index contributed by atoms with van der Waals surface area (Å²) in [6.45, 7) is 6.89. The topological polar surface area (TPSA) is 29.5 Å². The van der Waals surface area contributed by atoms with Crippen LogP contribution in [0.15, 0.2) is 29.2 Å². The molecule has 1 saturated heterocycles. The number of piperidine rings is 1. The van der Waals surface area contributed by atoms with E-state index in [1.807, 2.05) is 20.8 Å². The number of alkyl halides is 3. The van der Waals surface area contributed by atoms with Gasteiger partial charge in [0.25, 0.3) is 0 Å². The number of likely N-dealkylation sites (tertiary alicyclic amines) is 1. The molecule has 0 aliphatic carbocycles. The van der Waals surface area contributed by atoms with Crippen LogP contribution in [0, 0.1) is 5.92 Å². The molecule has 2 rings (SSSR count). The van der Waals surface area contributed by atoms with Gasteiger partial charge in [0.1, 0.15) is 5.60 Å². The van der Waals surface area contributed by atoms with E-state index in [0.29, 0.717) is 23.9 Å². The minimum Gasteiger partial charge on any atom is -0.444 e. The van der Waals surface area contributed by atoms with Gasteiger partial charge >= 0.3 is 12.3 Å². The average Bonchev–Trinajstić information content (AvgIpc) is 2.53. The zero-order valence-electron chi connectivity index (χ0n) is 15.4. The van der Waals surface area contributed by atoms with Crippen LogP contribution in [0.1, 0.15) is 45.6 Å². The number of ether oxygens (including phenoxy) is 1. The van der Waals surface area contributed by atoms with E-state index < -0.39 is 17.3 Å². The number of rotatable bonds is 4. The Morgan fingerprint density at radius 2 is 2.04 bits per heavy atom. The Labute approximate surface area is 157 Å². The van der Waals surface area contributed by atoms with E-state index in [1.165, 1.54) is 23.9 Å². The maximum atomic E-state index is 12.8. The highest BCUT2D eigenvalue weighted by Crippen LogP contribution is 2.32. The van der Waals surface area contributed by atoms with Crippen LogP contribution in [-0.4, -0.2) is 35.4 Å². The molecule has 1 atom stereocenters. The molecule has 1 aliphatic rings. The fourth-order valence-corrected chi connectivity index (χ4v) is 3.97. The van der Waals surface area contributed by atoms with Gasteiger partial charge in [0.15, 0.2) is 0 Å². The molecule has 0 saturated carbocycles. The molecule has 0 aromatic heterocycles. The predicted octanol–water partition coefficient (Wildman–Crippen LogP) is 5.83. The quantitative estimate of drug-likeness (QED) is 0.606. The number of amides is 1. The monoisotopic (exact) mass is 389 g/mol. The Morgan fingerprint density at radius 3 is 2.69 bits per heavy atom. The summed E-state index contributed by atoms with van der Waals surface area (Å²) in [7, 11) is 0. The molecule has 26 heavy (non-hydrogen) atoms. The normalized spacial score (nSPS) is 18.7. The van der Waals surface area contributed by atoms with Gasteiger partial charge in [-0.25, -0.2) is 4.79 Å². The predicted molar refractivity (Wildman–Crippen MR) is 97.3 cm³/mol. The Morgan fingerprint density at radius 1 is 1.31 bits per heavy atom. The molecule has 3 nitrogen and oxygen atoms in total. The second-order valence-electron chi connectivity index (χ2n) is 7.60. The van der Waals surface area contributed by atoms with Crippen molar-refractivity contribution >= 4 is 17.9 Å². The van der Waals surface area contributed by atoms with Gasteiger partial charge in [0.05, 0.1) is 5.56 Å². The third kappa shape index (κ3) is 6.74. The molecule has 7 heteroatoms. The Hall–Kier alpha value is -1.37. The number of carbonyl (C=O) groups is 1. The third-order valence-corrected chi connectivity index (χ3v) is 5.15. The van der Waals surface area contributed by atoms with Crippen molar-refractivity contribution < 1.29 is 22.7 Å². The molecular weight excluding hydrogens is 363 g/mol. The molecule has 0 N–H and O–H groups in total. The van der Waals surface area contributed by atoms with Crippen LogP contribution in [0.4, 0.5) is 18.0 Å². The molecule has 1 aliphatic heterocycles. The summed E-state index contributed by atoms with van der Waals surface area (Å²) in [5.41, 5.74) is -1.13. The first-order chi connectivity index (χ1) is 12.0. The van der Waals surface area contributed by atoms with Crippen LogP contribution in [0.25, 0.3) is 0 Å². The first-order valence-corrected chi connectivity index (χ1v) is 9.81. The van der Waals surface area contributed by atoms with Crippen molar-refractivity contribution in [1.29, 1.82) is 0 Å². The highest BCUT2D eigenvalue weighted by atomic mass is 32.2. The second-order valence-corrected chi connectivity index (χ2v) is 8.77. The van der Waals surface area contributed by atoms with E-state index in [9.17, 15) is 18.0 Å². The summed E-state index contributed by atoms with van der Waals surface area (Å²) in [6.07, 6.45) is -1.78. The summed E-state index contributed by atoms with van der Waals surface area (Å²) in [5, 5.41) is 0. The molecule has 0 radical (unpaired) electrons. The van der Waals surface area contributed by atoms with Gasteiger partial charge in [-0.05, 0) is 69.9 Å². The third-order valence-electron chi connectivity index (χ3n) is 4.13. The molecule has 0 bridgehead atoms. The standard InChI is InChI=1S/C19H26F3NO2S/c1-18(2,3)25-17(24)23-10-5-6-14(13-23)9-11-26-16-8-4-7-15(12-16)19(20,21)22/h4,7-8,12,14H,5-6,9-11,13H2,1-3H3. The summed E-state index contributed by atoms with van der Waals surface area (Å²) < 4.78 is 43.7. The SMILES string of the molecule is CC(C)(C)OC(=O)N1CCCC(CCSc2cccc(C(F)(F)F)c2)C1. The van der Waals surface area contributed by atoms with Gasteiger partial charge in [-0.1, -0.05) is 6.07 Å². The van der Waals surface area contributed by atoms with E-state index in [0.717, 1.165) is 31.1 Å². The lowest BCUT2D eigenvalue weighted by atomic mass is 9.96. The maximum Gasteiger partial charge on any atom is 0.416 e. The minimum absolute atomic E-state index is 0.285. The lowest BCUT2D eigenvalue weighted by molar-refractivity contribution is -0.137. The number of hydrogen-bond donors (Lipinski definition) is 0. The number of benzene rings is 1. The Bertz CT molecular complexity index is 614. The molecular formula is C19H26F3NO2S. The fourth-order valence-electron chi connectivity index (χ4n) is 2.90. The molecule has 1 unspecified atom stereocenters. The van der Waals surface area contributed by atoms with Crippen LogP contribution in [0.3, 0.4) is 0 Å². The van der Waals surface area contributed by atoms with Crippen LogP contribution in [-0.2, 0) is 10.9 Å². The van der Waals surface area contributed by atoms with Gasteiger partial charge in [-0.15, -0.1) is 11.8 Å². The Balaban J connectivity index is 1.82. The zero-order valence-corrected chi connectivity index (χ0v) is 16.3. The van der Waals surface area contributed by atoms with Gasteiger partial charge in [-0.3, -0.25) is 0 Å². The van der Waals surface area contributed by atoms with Gasteiger partial charge < -0.3 is 9.64 Å². The van der Waals surface area contributed by atoms with Gasteiger partial charge in [0, 0.05) is 18.0 Å². The van der Waals surface area contributed by atoms with Crippen molar-refractivity contribution in [2.45, 2.75) is 56.7 Å². The molecule has 1 fully saturated rings. The number of thioether (sulfide) groups is 1. The van der Waals surface area contributed by atoms with Crippen molar-refractivity contribution in [3.8, 4) is 0 Å². The summed E-state index contributed by atoms with van der Waals surface area (Å²) in [6, 6.07) is 5.42. The van der Waals surface area contributed by atoms with Crippen LogP contribution < -0.4 is 0 Å². The maximum absolute atomic E-state index is 12.8. The van der Waals surface area contributed by atoms with Crippen molar-refractivity contribution in [3.63, 3.8) is 0 Å². The fraction of sp³-hybridized carbons (Fsp3) is 0.632. The summed E-state index contributed by atoms with van der Waals surface area (Å²) in [4.78, 5) is 14.5. The van der Waals surface area contributed by atoms with Crippen LogP contribution in [0.2, 0.25) is 0 Å². The number of halogens is 3. The van der Waals surface area contributed by atoms with E-state index in [-0.39, 0.29) is 6.09 Å². The highest BCUT2D eigenvalue weighted by molar-refractivity contribution is 7.99. The van der Waals surface area contributed by atoms with Crippen molar-refractivity contribution in [3.05, 3.63) is 29.8 Å². The van der Waals surface area contributed by atoms with E-state index >= 15 is 0 Å². The number of carbonyl (C=O) groups excluding carboxylic acids is 1. The van der Waals surface area contributed by atoms with Gasteiger partial charge in [-0.2, -0.15) is 13.2 Å². The van der Waals surface area contributed by atoms with Crippen LogP contribution in [0.5, 0.6) is 0 Å². The molecule has 0 spiro atoms. The summed E-state index contributed by atoms with van der Waals surface area (Å²) in [5.74, 6) is 1.09. The molecule has 1 aromatic carbocycles. The van der Waals surface area contributed by atoms with E-state index in [2.05, 4.69) is 0 Å². The van der Waals surface area contributed by atoms with Gasteiger partial charge in [0.2, 0.25) is 0 Å². The second kappa shape index (κ2) is 8.55. The Kier molecular flexibility index (Phi) is 6.88. The lowest BCUT2D eigenvalue weighted by Gasteiger charge is -2.34. The van der Waals surface area contributed by atoms with E-state index in [4.69, 9.17) is 4.74 Å². The summed E-state index contributed by atoms with van der Waals surface area (Å²) >= 11 is 1.43. The zero-order chi connectivity index (χ0) is 19.4. The average molecular weight is 389 g/mol. The first-order valence-electron chi connectivity index (χ1n) is 8.82. The first kappa shape index (κ1) is 20.9. The number of hydrogen-bond acceptors (Lipinski definition) is 3. The molecule has 146 valence electrons. The minimum atomic E-state index is -4.31. The smallest absolute Gasteiger partial charge is 0.416 e. The van der Waals surface area contributed by atoms with Crippen molar-refractivity contribution in [2.24, 2.45) is 5.92 Å². The largest absolute Gasteiger partial charge is 0.444 e. The van der Waals surface area contributed by atoms with Crippen LogP contribution >= 0.6 is 11.8 Å². The molecule has 1 amide bonds. The van der Waals surface area contributed by atoms with Crippen molar-refractivity contribution in [2.75, 3.05) is 18.8 Å². The number of nitrogens with zero attached hydrogens (tertiary/aromatic N) is 1.